The molecule has 0 bridgehead atoms. The maximum Gasteiger partial charge on any atom is 0.320 e. The van der Waals surface area contributed by atoms with Gasteiger partial charge in [-0.3, -0.25) is 9.55 Å². The summed E-state index contributed by atoms with van der Waals surface area (Å²) in [5.74, 6) is 1.20. The standard InChI is InChI=1S/C12H24N2O3S2/c13-12(10-18-19(15,16)17)14-9-5-4-8-11-6-2-1-3-7-11/h11H,1-10H2,(H2,13,14)(H,15,16,17). The minimum absolute atomic E-state index is 0.0292. The second-order valence-electron chi connectivity index (χ2n) is 5.06. The van der Waals surface area contributed by atoms with Gasteiger partial charge < -0.3 is 5.73 Å². The van der Waals surface area contributed by atoms with E-state index in [0.29, 0.717) is 17.3 Å². The van der Waals surface area contributed by atoms with E-state index in [0.717, 1.165) is 18.8 Å². The third-order valence-corrected chi connectivity index (χ3v) is 5.37. The molecular formula is C12H24N2O3S2. The summed E-state index contributed by atoms with van der Waals surface area (Å²) in [6.07, 6.45) is 10.3. The van der Waals surface area contributed by atoms with Gasteiger partial charge in [0.05, 0.1) is 5.75 Å². The third-order valence-electron chi connectivity index (χ3n) is 3.42. The van der Waals surface area contributed by atoms with Crippen LogP contribution in [0.4, 0.5) is 0 Å². The largest absolute Gasteiger partial charge is 0.387 e. The van der Waals surface area contributed by atoms with Gasteiger partial charge in [-0.15, -0.1) is 0 Å². The van der Waals surface area contributed by atoms with Crippen LogP contribution in [0.3, 0.4) is 0 Å². The van der Waals surface area contributed by atoms with Crippen molar-refractivity contribution in [2.45, 2.75) is 51.4 Å². The normalized spacial score (nSPS) is 18.7. The molecule has 0 unspecified atom stereocenters. The van der Waals surface area contributed by atoms with Gasteiger partial charge in [0.1, 0.15) is 5.84 Å². The highest BCUT2D eigenvalue weighted by molar-refractivity contribution is 8.70. The molecule has 0 aromatic rings. The Labute approximate surface area is 119 Å². The van der Waals surface area contributed by atoms with Crippen molar-refractivity contribution in [3.63, 3.8) is 0 Å². The highest BCUT2D eigenvalue weighted by Crippen LogP contribution is 2.27. The Bertz CT molecular complexity index is 376. The van der Waals surface area contributed by atoms with Crippen LogP contribution in [-0.2, 0) is 9.15 Å². The number of rotatable bonds is 8. The molecule has 7 heteroatoms. The van der Waals surface area contributed by atoms with E-state index in [9.17, 15) is 8.42 Å². The van der Waals surface area contributed by atoms with Gasteiger partial charge in [0.15, 0.2) is 0 Å². The minimum atomic E-state index is -4.01. The number of nitrogens with zero attached hydrogens (tertiary/aromatic N) is 1. The summed E-state index contributed by atoms with van der Waals surface area (Å²) < 4.78 is 29.5. The van der Waals surface area contributed by atoms with Crippen molar-refractivity contribution < 1.29 is 13.0 Å². The third kappa shape index (κ3) is 9.29. The van der Waals surface area contributed by atoms with Crippen LogP contribution in [0.1, 0.15) is 51.4 Å². The molecule has 0 heterocycles. The molecule has 0 aromatic heterocycles. The summed E-state index contributed by atoms with van der Waals surface area (Å²) >= 11 is 0. The molecule has 0 spiro atoms. The first-order valence-corrected chi connectivity index (χ1v) is 9.82. The number of hydrogen-bond acceptors (Lipinski definition) is 4. The average molecular weight is 308 g/mol. The lowest BCUT2D eigenvalue weighted by atomic mass is 9.86. The molecule has 0 aliphatic heterocycles. The van der Waals surface area contributed by atoms with Gasteiger partial charge in [0, 0.05) is 17.3 Å². The number of amidine groups is 1. The van der Waals surface area contributed by atoms with Crippen molar-refractivity contribution in [1.82, 2.24) is 0 Å². The summed E-state index contributed by atoms with van der Waals surface area (Å²) in [6.45, 7) is 0.643. The maximum atomic E-state index is 10.5. The molecule has 112 valence electrons. The Morgan fingerprint density at radius 2 is 1.95 bits per heavy atom. The van der Waals surface area contributed by atoms with Crippen LogP contribution >= 0.6 is 10.8 Å². The molecule has 0 aromatic carbocycles. The van der Waals surface area contributed by atoms with Gasteiger partial charge in [-0.25, -0.2) is 0 Å². The molecular weight excluding hydrogens is 284 g/mol. The Balaban J connectivity index is 2.05. The molecule has 0 radical (unpaired) electrons. The maximum absolute atomic E-state index is 10.5. The van der Waals surface area contributed by atoms with E-state index >= 15 is 0 Å². The number of aliphatic imine (C=N–C) groups is 1. The highest BCUT2D eigenvalue weighted by Gasteiger charge is 2.12. The Morgan fingerprint density at radius 1 is 1.26 bits per heavy atom. The van der Waals surface area contributed by atoms with E-state index in [1.165, 1.54) is 38.5 Å². The number of hydrogen-bond donors (Lipinski definition) is 2. The van der Waals surface area contributed by atoms with Crippen molar-refractivity contribution in [3.8, 4) is 0 Å². The van der Waals surface area contributed by atoms with Crippen molar-refractivity contribution in [1.29, 1.82) is 0 Å². The van der Waals surface area contributed by atoms with E-state index in [4.69, 9.17) is 10.3 Å². The van der Waals surface area contributed by atoms with Gasteiger partial charge in [-0.05, 0) is 12.3 Å². The Morgan fingerprint density at radius 3 is 2.58 bits per heavy atom. The Kier molecular flexibility index (Phi) is 7.78. The molecule has 5 nitrogen and oxygen atoms in total. The van der Waals surface area contributed by atoms with Gasteiger partial charge in [-0.1, -0.05) is 44.9 Å². The first-order chi connectivity index (χ1) is 8.97. The van der Waals surface area contributed by atoms with Crippen LogP contribution in [0.5, 0.6) is 0 Å². The second-order valence-corrected chi connectivity index (χ2v) is 8.41. The van der Waals surface area contributed by atoms with E-state index in [1.54, 1.807) is 0 Å². The predicted molar refractivity (Wildman–Crippen MR) is 80.9 cm³/mol. The lowest BCUT2D eigenvalue weighted by Crippen LogP contribution is -2.16. The van der Waals surface area contributed by atoms with Gasteiger partial charge >= 0.3 is 9.15 Å². The van der Waals surface area contributed by atoms with Crippen LogP contribution < -0.4 is 5.73 Å². The molecule has 1 aliphatic carbocycles. The van der Waals surface area contributed by atoms with E-state index in [2.05, 4.69) is 4.99 Å². The fourth-order valence-corrected chi connectivity index (χ4v) is 3.59. The van der Waals surface area contributed by atoms with Crippen LogP contribution in [0.15, 0.2) is 4.99 Å². The lowest BCUT2D eigenvalue weighted by molar-refractivity contribution is 0.330. The van der Waals surface area contributed by atoms with E-state index in [-0.39, 0.29) is 11.6 Å². The van der Waals surface area contributed by atoms with Crippen molar-refractivity contribution in [2.75, 3.05) is 12.3 Å². The fourth-order valence-electron chi connectivity index (χ4n) is 2.42. The molecule has 3 N–H and O–H groups in total. The molecule has 19 heavy (non-hydrogen) atoms. The van der Waals surface area contributed by atoms with Gasteiger partial charge in [-0.2, -0.15) is 8.42 Å². The summed E-state index contributed by atoms with van der Waals surface area (Å²) in [6, 6.07) is 0. The zero-order valence-corrected chi connectivity index (χ0v) is 12.9. The summed E-state index contributed by atoms with van der Waals surface area (Å²) in [5.41, 5.74) is 5.56. The lowest BCUT2D eigenvalue weighted by Gasteiger charge is -2.20. The second kappa shape index (κ2) is 8.81. The SMILES string of the molecule is NC(CSS(=O)(=O)O)=NCCCCC1CCCCC1. The van der Waals surface area contributed by atoms with Crippen LogP contribution in [0.25, 0.3) is 0 Å². The van der Waals surface area contributed by atoms with E-state index in [1.807, 2.05) is 0 Å². The van der Waals surface area contributed by atoms with E-state index < -0.39 is 9.15 Å². The smallest absolute Gasteiger partial charge is 0.320 e. The first-order valence-electron chi connectivity index (χ1n) is 6.88. The molecule has 1 rings (SSSR count). The van der Waals surface area contributed by atoms with Crippen LogP contribution in [0.2, 0.25) is 0 Å². The molecule has 0 saturated heterocycles. The average Bonchev–Trinajstić information content (AvgIpc) is 2.36. The van der Waals surface area contributed by atoms with Gasteiger partial charge in [0.25, 0.3) is 0 Å². The molecule has 1 saturated carbocycles. The molecule has 0 amide bonds. The summed E-state index contributed by atoms with van der Waals surface area (Å²) in [4.78, 5) is 4.11. The van der Waals surface area contributed by atoms with Crippen molar-refractivity contribution >= 4 is 25.8 Å². The zero-order valence-electron chi connectivity index (χ0n) is 11.3. The van der Waals surface area contributed by atoms with Crippen molar-refractivity contribution in [3.05, 3.63) is 0 Å². The quantitative estimate of drug-likeness (QED) is 0.236. The molecule has 1 aliphatic rings. The topological polar surface area (TPSA) is 92.8 Å². The zero-order chi connectivity index (χ0) is 14.1. The molecule has 0 atom stereocenters. The monoisotopic (exact) mass is 308 g/mol. The Hall–Kier alpha value is -0.270. The van der Waals surface area contributed by atoms with Crippen LogP contribution in [0, 0.1) is 5.92 Å². The van der Waals surface area contributed by atoms with Crippen molar-refractivity contribution in [2.24, 2.45) is 16.6 Å². The minimum Gasteiger partial charge on any atom is -0.387 e. The number of nitrogens with two attached hydrogens (primary N) is 1. The van der Waals surface area contributed by atoms with Gasteiger partial charge in [0.2, 0.25) is 0 Å². The molecule has 1 fully saturated rings. The summed E-state index contributed by atoms with van der Waals surface area (Å²) in [7, 11) is -3.61. The van der Waals surface area contributed by atoms with Crippen LogP contribution in [-0.4, -0.2) is 31.1 Å². The predicted octanol–water partition coefficient (Wildman–Crippen LogP) is 2.63. The highest BCUT2D eigenvalue weighted by atomic mass is 33.1. The number of unbranched alkanes of at least 4 members (excludes halogenated alkanes) is 1. The first kappa shape index (κ1) is 16.8. The fraction of sp³-hybridized carbons (Fsp3) is 0.917. The summed E-state index contributed by atoms with van der Waals surface area (Å²) in [5, 5.41) is 0.